The molecule has 2 aromatic rings. The summed E-state index contributed by atoms with van der Waals surface area (Å²) in [7, 11) is 2.81. The predicted molar refractivity (Wildman–Crippen MR) is 104 cm³/mol. The van der Waals surface area contributed by atoms with Crippen LogP contribution in [0.5, 0.6) is 28.7 Å². The number of fused-ring (bicyclic) bond motifs is 1. The molecule has 162 valence electrons. The summed E-state index contributed by atoms with van der Waals surface area (Å²) < 4.78 is 56.2. The molecule has 0 saturated carbocycles. The largest absolute Gasteiger partial charge is 0.493 e. The second-order valence-corrected chi connectivity index (χ2v) is 6.33. The molecule has 31 heavy (non-hydrogen) atoms. The van der Waals surface area contributed by atoms with E-state index in [2.05, 4.69) is 9.73 Å². The van der Waals surface area contributed by atoms with Gasteiger partial charge in [0.1, 0.15) is 13.2 Å². The van der Waals surface area contributed by atoms with Gasteiger partial charge in [-0.15, -0.1) is 0 Å². The van der Waals surface area contributed by atoms with E-state index in [9.17, 15) is 13.6 Å². The maximum absolute atomic E-state index is 12.5. The van der Waals surface area contributed by atoms with E-state index in [0.717, 1.165) is 0 Å². The van der Waals surface area contributed by atoms with Crippen LogP contribution in [0.2, 0.25) is 0 Å². The summed E-state index contributed by atoms with van der Waals surface area (Å²) in [6.07, 6.45) is 1.52. The van der Waals surface area contributed by atoms with Crippen LogP contribution in [0.4, 0.5) is 8.78 Å². The Kier molecular flexibility index (Phi) is 5.61. The number of alkyl halides is 2. The molecule has 0 fully saturated rings. The van der Waals surface area contributed by atoms with Gasteiger partial charge in [0.15, 0.2) is 28.7 Å². The number of benzene rings is 2. The molecule has 2 aromatic carbocycles. The van der Waals surface area contributed by atoms with Crippen molar-refractivity contribution < 1.29 is 42.0 Å². The van der Waals surface area contributed by atoms with Crippen LogP contribution in [-0.4, -0.2) is 45.9 Å². The third kappa shape index (κ3) is 4.23. The van der Waals surface area contributed by atoms with Gasteiger partial charge in [-0.05, 0) is 42.0 Å². The number of aliphatic imine (C=N–C) groups is 1. The molecule has 2 heterocycles. The molecule has 0 aromatic heterocycles. The second kappa shape index (κ2) is 8.50. The zero-order valence-electron chi connectivity index (χ0n) is 16.5. The summed E-state index contributed by atoms with van der Waals surface area (Å²) in [5.74, 6) is 0.674. The van der Waals surface area contributed by atoms with E-state index in [1.165, 1.54) is 38.5 Å². The van der Waals surface area contributed by atoms with Crippen molar-refractivity contribution in [1.82, 2.24) is 0 Å². The zero-order chi connectivity index (χ0) is 22.0. The molecule has 0 bridgehead atoms. The van der Waals surface area contributed by atoms with E-state index in [4.69, 9.17) is 23.7 Å². The Morgan fingerprint density at radius 1 is 1.03 bits per heavy atom. The van der Waals surface area contributed by atoms with Gasteiger partial charge in [-0.3, -0.25) is 0 Å². The Bertz CT molecular complexity index is 1060. The van der Waals surface area contributed by atoms with Gasteiger partial charge in [-0.25, -0.2) is 9.79 Å². The van der Waals surface area contributed by atoms with E-state index in [-0.39, 0.29) is 23.1 Å². The summed E-state index contributed by atoms with van der Waals surface area (Å²) in [4.78, 5) is 16.5. The van der Waals surface area contributed by atoms with Gasteiger partial charge in [0.2, 0.25) is 11.6 Å². The molecule has 0 unspecified atom stereocenters. The zero-order valence-corrected chi connectivity index (χ0v) is 16.5. The molecule has 4 rings (SSSR count). The molecule has 0 N–H and O–H groups in total. The summed E-state index contributed by atoms with van der Waals surface area (Å²) in [6.45, 7) is -2.19. The number of rotatable bonds is 6. The number of hydrogen-bond donors (Lipinski definition) is 0. The summed E-state index contributed by atoms with van der Waals surface area (Å²) in [5, 5.41) is 0. The molecule has 0 amide bonds. The van der Waals surface area contributed by atoms with Crippen LogP contribution in [0.1, 0.15) is 11.1 Å². The molecule has 0 saturated heterocycles. The van der Waals surface area contributed by atoms with Gasteiger partial charge >= 0.3 is 12.6 Å². The molecule has 0 radical (unpaired) electrons. The van der Waals surface area contributed by atoms with Crippen molar-refractivity contribution in [2.24, 2.45) is 4.99 Å². The number of ether oxygens (including phenoxy) is 6. The van der Waals surface area contributed by atoms with Crippen LogP contribution in [0.25, 0.3) is 6.08 Å². The Morgan fingerprint density at radius 2 is 1.81 bits per heavy atom. The van der Waals surface area contributed by atoms with Crippen molar-refractivity contribution in [2.45, 2.75) is 6.61 Å². The Hall–Kier alpha value is -3.82. The van der Waals surface area contributed by atoms with Crippen LogP contribution < -0.4 is 23.7 Å². The SMILES string of the molecule is COc1cc(C2=N/C(=C/c3cc(OC)c4c(c3)OCCO4)C(=O)O2)ccc1OC(F)F. The molecule has 0 spiro atoms. The number of esters is 1. The summed E-state index contributed by atoms with van der Waals surface area (Å²) in [6, 6.07) is 7.48. The Morgan fingerprint density at radius 3 is 2.55 bits per heavy atom. The first kappa shape index (κ1) is 20.5. The van der Waals surface area contributed by atoms with Crippen molar-refractivity contribution in [3.05, 3.63) is 47.2 Å². The maximum Gasteiger partial charge on any atom is 0.387 e. The molecular weight excluding hydrogens is 416 g/mol. The molecule has 0 aliphatic carbocycles. The molecule has 2 aliphatic rings. The van der Waals surface area contributed by atoms with Crippen LogP contribution in [-0.2, 0) is 9.53 Å². The first-order valence-corrected chi connectivity index (χ1v) is 9.12. The van der Waals surface area contributed by atoms with E-state index in [1.54, 1.807) is 12.1 Å². The Labute approximate surface area is 175 Å². The van der Waals surface area contributed by atoms with Crippen molar-refractivity contribution in [3.63, 3.8) is 0 Å². The van der Waals surface area contributed by atoms with E-state index >= 15 is 0 Å². The quantitative estimate of drug-likeness (QED) is 0.510. The molecule has 0 atom stereocenters. The molecular formula is C21H17F2NO7. The Balaban J connectivity index is 1.65. The van der Waals surface area contributed by atoms with Crippen molar-refractivity contribution in [3.8, 4) is 28.7 Å². The van der Waals surface area contributed by atoms with Gasteiger partial charge in [0.05, 0.1) is 14.2 Å². The highest BCUT2D eigenvalue weighted by Gasteiger charge is 2.26. The molecule has 8 nitrogen and oxygen atoms in total. The fraction of sp³-hybridized carbons (Fsp3) is 0.238. The molecule has 2 aliphatic heterocycles. The minimum Gasteiger partial charge on any atom is -0.493 e. The average molecular weight is 433 g/mol. The van der Waals surface area contributed by atoms with Crippen molar-refractivity contribution in [2.75, 3.05) is 27.4 Å². The number of nitrogens with zero attached hydrogens (tertiary/aromatic N) is 1. The van der Waals surface area contributed by atoms with Gasteiger partial charge in [0, 0.05) is 5.56 Å². The van der Waals surface area contributed by atoms with E-state index in [1.807, 2.05) is 0 Å². The fourth-order valence-electron chi connectivity index (χ4n) is 3.06. The van der Waals surface area contributed by atoms with Gasteiger partial charge in [0.25, 0.3) is 0 Å². The van der Waals surface area contributed by atoms with Crippen molar-refractivity contribution >= 4 is 17.9 Å². The molecule has 10 heteroatoms. The highest BCUT2D eigenvalue weighted by Crippen LogP contribution is 2.41. The third-order valence-electron chi connectivity index (χ3n) is 4.40. The van der Waals surface area contributed by atoms with Crippen LogP contribution in [0.3, 0.4) is 0 Å². The van der Waals surface area contributed by atoms with Crippen LogP contribution >= 0.6 is 0 Å². The number of carbonyl (C=O) groups excluding carboxylic acids is 1. The van der Waals surface area contributed by atoms with E-state index < -0.39 is 12.6 Å². The fourth-order valence-corrected chi connectivity index (χ4v) is 3.06. The van der Waals surface area contributed by atoms with E-state index in [0.29, 0.717) is 41.6 Å². The first-order chi connectivity index (χ1) is 15.0. The lowest BCUT2D eigenvalue weighted by atomic mass is 10.1. The topological polar surface area (TPSA) is 84.8 Å². The summed E-state index contributed by atoms with van der Waals surface area (Å²) in [5.41, 5.74) is 0.992. The highest BCUT2D eigenvalue weighted by atomic mass is 19.3. The second-order valence-electron chi connectivity index (χ2n) is 6.33. The monoisotopic (exact) mass is 433 g/mol. The number of methoxy groups -OCH3 is 2. The number of hydrogen-bond acceptors (Lipinski definition) is 8. The van der Waals surface area contributed by atoms with Gasteiger partial charge < -0.3 is 28.4 Å². The number of halogens is 2. The minimum atomic E-state index is -3.00. The lowest BCUT2D eigenvalue weighted by Gasteiger charge is -2.20. The third-order valence-corrected chi connectivity index (χ3v) is 4.40. The number of cyclic esters (lactones) is 1. The highest BCUT2D eigenvalue weighted by molar-refractivity contribution is 6.13. The van der Waals surface area contributed by atoms with Crippen LogP contribution in [0, 0.1) is 0 Å². The normalized spacial score (nSPS) is 16.2. The average Bonchev–Trinajstić information content (AvgIpc) is 3.13. The summed E-state index contributed by atoms with van der Waals surface area (Å²) >= 11 is 0. The number of carbonyl (C=O) groups is 1. The maximum atomic E-state index is 12.5. The standard InChI is InChI=1S/C21H17F2NO7/c1-26-15-10-12(3-4-14(15)30-21(22)23)19-24-13(20(25)31-19)7-11-8-16(27-2)18-17(9-11)28-5-6-29-18/h3-4,7-10,21H,5-6H2,1-2H3/b13-7+. The smallest absolute Gasteiger partial charge is 0.387 e. The predicted octanol–water partition coefficient (Wildman–Crippen LogP) is 3.42. The lowest BCUT2D eigenvalue weighted by Crippen LogP contribution is -2.16. The van der Waals surface area contributed by atoms with Gasteiger partial charge in [-0.1, -0.05) is 0 Å². The minimum absolute atomic E-state index is 0.00246. The van der Waals surface area contributed by atoms with Crippen LogP contribution in [0.15, 0.2) is 41.0 Å². The van der Waals surface area contributed by atoms with Crippen molar-refractivity contribution in [1.29, 1.82) is 0 Å². The first-order valence-electron chi connectivity index (χ1n) is 9.12. The van der Waals surface area contributed by atoms with Gasteiger partial charge in [-0.2, -0.15) is 8.78 Å². The lowest BCUT2D eigenvalue weighted by molar-refractivity contribution is -0.129.